The van der Waals surface area contributed by atoms with E-state index in [1.54, 1.807) is 0 Å². The molecule has 90 valence electrons. The first kappa shape index (κ1) is 10.4. The van der Waals surface area contributed by atoms with Crippen molar-refractivity contribution in [3.63, 3.8) is 0 Å². The average molecular weight is 234 g/mol. The van der Waals surface area contributed by atoms with Crippen LogP contribution in [0.3, 0.4) is 0 Å². The summed E-state index contributed by atoms with van der Waals surface area (Å²) in [6.45, 7) is 2.19. The van der Waals surface area contributed by atoms with Gasteiger partial charge in [0.1, 0.15) is 0 Å². The number of hydrogen-bond acceptors (Lipinski definition) is 3. The Bertz CT molecular complexity index is 493. The number of aryl methyl sites for hydroxylation is 1. The van der Waals surface area contributed by atoms with E-state index in [2.05, 4.69) is 0 Å². The van der Waals surface area contributed by atoms with Gasteiger partial charge in [0.2, 0.25) is 6.79 Å². The van der Waals surface area contributed by atoms with Crippen LogP contribution in [0.1, 0.15) is 35.4 Å². The van der Waals surface area contributed by atoms with Gasteiger partial charge < -0.3 is 14.6 Å². The molecule has 0 bridgehead atoms. The summed E-state index contributed by atoms with van der Waals surface area (Å²) >= 11 is 0. The lowest BCUT2D eigenvalue weighted by atomic mass is 9.80. The number of carboxylic acid groups (broad SMARTS) is 1. The van der Waals surface area contributed by atoms with Gasteiger partial charge in [-0.2, -0.15) is 0 Å². The Labute approximate surface area is 99.2 Å². The Morgan fingerprint density at radius 1 is 1.47 bits per heavy atom. The molecule has 1 unspecified atom stereocenters. The third kappa shape index (κ3) is 1.47. The standard InChI is InChI=1S/C13H14O4/c1-7-5-10-12(17-6-16-10)8-3-2-4-9(11(7)8)13(14)15/h5,9H,2-4,6H2,1H3,(H,14,15). The van der Waals surface area contributed by atoms with Gasteiger partial charge in [0.05, 0.1) is 5.92 Å². The minimum atomic E-state index is -0.743. The first-order valence-electron chi connectivity index (χ1n) is 5.83. The predicted molar refractivity (Wildman–Crippen MR) is 60.6 cm³/mol. The molecule has 1 N–H and O–H groups in total. The summed E-state index contributed by atoms with van der Waals surface area (Å²) in [7, 11) is 0. The van der Waals surface area contributed by atoms with Crippen LogP contribution < -0.4 is 9.47 Å². The molecule has 17 heavy (non-hydrogen) atoms. The molecule has 0 fully saturated rings. The highest BCUT2D eigenvalue weighted by Crippen LogP contribution is 2.45. The fourth-order valence-electron chi connectivity index (χ4n) is 2.87. The molecule has 3 rings (SSSR count). The lowest BCUT2D eigenvalue weighted by Crippen LogP contribution is -2.19. The van der Waals surface area contributed by atoms with Crippen molar-refractivity contribution in [3.05, 3.63) is 22.8 Å². The largest absolute Gasteiger partial charge is 0.481 e. The van der Waals surface area contributed by atoms with Crippen LogP contribution in [0, 0.1) is 6.92 Å². The normalized spacial score (nSPS) is 21.1. The molecule has 4 nitrogen and oxygen atoms in total. The van der Waals surface area contributed by atoms with Crippen molar-refractivity contribution in [2.24, 2.45) is 0 Å². The Kier molecular flexibility index (Phi) is 2.24. The Balaban J connectivity index is 2.21. The smallest absolute Gasteiger partial charge is 0.310 e. The van der Waals surface area contributed by atoms with Gasteiger partial charge in [-0.25, -0.2) is 0 Å². The zero-order chi connectivity index (χ0) is 12.0. The SMILES string of the molecule is Cc1cc2c(c3c1C(C(=O)O)CCC3)OCO2. The van der Waals surface area contributed by atoms with Gasteiger partial charge in [0.15, 0.2) is 11.5 Å². The van der Waals surface area contributed by atoms with Gasteiger partial charge >= 0.3 is 5.97 Å². The van der Waals surface area contributed by atoms with E-state index in [9.17, 15) is 9.90 Å². The topological polar surface area (TPSA) is 55.8 Å². The minimum absolute atomic E-state index is 0.239. The van der Waals surface area contributed by atoms with Crippen LogP contribution in [-0.2, 0) is 11.2 Å². The fourth-order valence-corrected chi connectivity index (χ4v) is 2.87. The molecule has 0 amide bonds. The van der Waals surface area contributed by atoms with Crippen LogP contribution >= 0.6 is 0 Å². The van der Waals surface area contributed by atoms with Crippen molar-refractivity contribution in [3.8, 4) is 11.5 Å². The number of ether oxygens (including phenoxy) is 2. The molecule has 0 spiro atoms. The van der Waals surface area contributed by atoms with Crippen LogP contribution in [0.2, 0.25) is 0 Å². The molecule has 2 aliphatic rings. The third-order valence-corrected chi connectivity index (χ3v) is 3.58. The summed E-state index contributed by atoms with van der Waals surface area (Å²) in [5.74, 6) is 0.380. The second-order valence-electron chi connectivity index (χ2n) is 4.60. The van der Waals surface area contributed by atoms with E-state index >= 15 is 0 Å². The second kappa shape index (κ2) is 3.65. The summed E-state index contributed by atoms with van der Waals surface area (Å²) in [5.41, 5.74) is 2.97. The van der Waals surface area contributed by atoms with Gasteiger partial charge in [-0.05, 0) is 43.4 Å². The van der Waals surface area contributed by atoms with Crippen LogP contribution in [0.25, 0.3) is 0 Å². The van der Waals surface area contributed by atoms with Gasteiger partial charge in [-0.3, -0.25) is 4.79 Å². The highest BCUT2D eigenvalue weighted by Gasteiger charge is 2.32. The Morgan fingerprint density at radius 2 is 2.29 bits per heavy atom. The molecule has 1 aliphatic carbocycles. The van der Waals surface area contributed by atoms with Crippen LogP contribution in [0.5, 0.6) is 11.5 Å². The third-order valence-electron chi connectivity index (χ3n) is 3.58. The zero-order valence-electron chi connectivity index (χ0n) is 9.66. The predicted octanol–water partition coefficient (Wildman–Crippen LogP) is 2.23. The van der Waals surface area contributed by atoms with Crippen LogP contribution in [0.15, 0.2) is 6.07 Å². The van der Waals surface area contributed by atoms with Crippen LogP contribution in [-0.4, -0.2) is 17.9 Å². The van der Waals surface area contributed by atoms with E-state index in [1.807, 2.05) is 13.0 Å². The molecular weight excluding hydrogens is 220 g/mol. The first-order valence-corrected chi connectivity index (χ1v) is 5.83. The molecule has 1 aromatic carbocycles. The van der Waals surface area contributed by atoms with Crippen LogP contribution in [0.4, 0.5) is 0 Å². The summed E-state index contributed by atoms with van der Waals surface area (Å²) in [6, 6.07) is 1.89. The Morgan fingerprint density at radius 3 is 3.06 bits per heavy atom. The van der Waals surface area contributed by atoms with E-state index in [0.29, 0.717) is 6.42 Å². The molecular formula is C13H14O4. The maximum atomic E-state index is 11.3. The summed E-state index contributed by atoms with van der Waals surface area (Å²) in [4.78, 5) is 11.3. The van der Waals surface area contributed by atoms with Gasteiger partial charge in [-0.1, -0.05) is 0 Å². The molecule has 1 aromatic rings. The lowest BCUT2D eigenvalue weighted by Gasteiger charge is -2.25. The molecule has 1 atom stereocenters. The molecule has 0 saturated heterocycles. The minimum Gasteiger partial charge on any atom is -0.481 e. The molecule has 1 heterocycles. The fraction of sp³-hybridized carbons (Fsp3) is 0.462. The second-order valence-corrected chi connectivity index (χ2v) is 4.60. The van der Waals surface area contributed by atoms with E-state index in [1.165, 1.54) is 0 Å². The average Bonchev–Trinajstić information content (AvgIpc) is 2.76. The van der Waals surface area contributed by atoms with Gasteiger partial charge in [-0.15, -0.1) is 0 Å². The highest BCUT2D eigenvalue weighted by atomic mass is 16.7. The first-order chi connectivity index (χ1) is 8.18. The highest BCUT2D eigenvalue weighted by molar-refractivity contribution is 5.79. The molecule has 4 heteroatoms. The van der Waals surface area contributed by atoms with Crippen molar-refractivity contribution in [2.75, 3.05) is 6.79 Å². The van der Waals surface area contributed by atoms with Gasteiger partial charge in [0.25, 0.3) is 0 Å². The summed E-state index contributed by atoms with van der Waals surface area (Å²) in [5, 5.41) is 9.29. The van der Waals surface area contributed by atoms with E-state index in [0.717, 1.165) is 41.0 Å². The van der Waals surface area contributed by atoms with Gasteiger partial charge in [0, 0.05) is 5.56 Å². The zero-order valence-corrected chi connectivity index (χ0v) is 9.66. The molecule has 0 radical (unpaired) electrons. The number of aliphatic carboxylic acids is 1. The lowest BCUT2D eigenvalue weighted by molar-refractivity contribution is -0.139. The maximum Gasteiger partial charge on any atom is 0.310 e. The van der Waals surface area contributed by atoms with E-state index in [4.69, 9.17) is 9.47 Å². The van der Waals surface area contributed by atoms with Crippen molar-refractivity contribution >= 4 is 5.97 Å². The number of benzene rings is 1. The molecule has 0 aromatic heterocycles. The summed E-state index contributed by atoms with van der Waals surface area (Å²) < 4.78 is 10.8. The van der Waals surface area contributed by atoms with Crippen molar-refractivity contribution in [2.45, 2.75) is 32.1 Å². The summed E-state index contributed by atoms with van der Waals surface area (Å²) in [6.07, 6.45) is 2.48. The van der Waals surface area contributed by atoms with Crippen molar-refractivity contribution < 1.29 is 19.4 Å². The monoisotopic (exact) mass is 234 g/mol. The molecule has 0 saturated carbocycles. The number of carboxylic acids is 1. The number of rotatable bonds is 1. The Hall–Kier alpha value is -1.71. The number of carbonyl (C=O) groups is 1. The number of fused-ring (bicyclic) bond motifs is 3. The number of hydrogen-bond donors (Lipinski definition) is 1. The van der Waals surface area contributed by atoms with Crippen molar-refractivity contribution in [1.82, 2.24) is 0 Å². The quantitative estimate of drug-likeness (QED) is 0.809. The van der Waals surface area contributed by atoms with E-state index < -0.39 is 11.9 Å². The van der Waals surface area contributed by atoms with E-state index in [-0.39, 0.29) is 6.79 Å². The van der Waals surface area contributed by atoms with Crippen molar-refractivity contribution in [1.29, 1.82) is 0 Å². The maximum absolute atomic E-state index is 11.3. The molecule has 1 aliphatic heterocycles.